The molecule has 4 rings (SSSR count). The summed E-state index contributed by atoms with van der Waals surface area (Å²) in [5.41, 5.74) is 0. The topological polar surface area (TPSA) is 60.1 Å². The number of nitrogens with zero attached hydrogens (tertiary/aromatic N) is 1. The second-order valence-corrected chi connectivity index (χ2v) is 9.77. The van der Waals surface area contributed by atoms with Crippen LogP contribution >= 0.6 is 9.42 Å². The SMILES string of the molecule is CC(=N)N=S(c1ccccc1)c1ccccc1.N=S(c1ccccc1)c1ccccc1.[Cl-].[Cl][Pt+]. The Kier molecular flexibility index (Phi) is 15.6. The fourth-order valence-electron chi connectivity index (χ4n) is 2.73. The van der Waals surface area contributed by atoms with Crippen LogP contribution in [0.2, 0.25) is 0 Å². The molecule has 0 spiro atoms. The van der Waals surface area contributed by atoms with Gasteiger partial charge >= 0.3 is 28.2 Å². The Balaban J connectivity index is 0.000000313. The van der Waals surface area contributed by atoms with Crippen LogP contribution in [-0.4, -0.2) is 5.84 Å². The van der Waals surface area contributed by atoms with Crippen LogP contribution in [-0.2, 0) is 40.2 Å². The van der Waals surface area contributed by atoms with E-state index in [1.54, 1.807) is 25.7 Å². The fraction of sp³-hybridized carbons (Fsp3) is 0.0385. The summed E-state index contributed by atoms with van der Waals surface area (Å²) in [4.78, 5) is 4.42. The summed E-state index contributed by atoms with van der Waals surface area (Å²) in [6.45, 7) is 1.71. The molecule has 180 valence electrons. The van der Waals surface area contributed by atoms with Crippen molar-refractivity contribution in [2.75, 3.05) is 0 Å². The van der Waals surface area contributed by atoms with E-state index in [1.807, 2.05) is 97.1 Å². The maximum absolute atomic E-state index is 8.08. The predicted molar refractivity (Wildman–Crippen MR) is 138 cm³/mol. The molecule has 0 aromatic heterocycles. The van der Waals surface area contributed by atoms with E-state index in [4.69, 9.17) is 10.2 Å². The van der Waals surface area contributed by atoms with E-state index in [1.165, 1.54) is 0 Å². The average molecular weight is 710 g/mol. The molecule has 0 saturated heterocycles. The van der Waals surface area contributed by atoms with E-state index in [0.29, 0.717) is 5.84 Å². The first-order chi connectivity index (χ1) is 16.1. The first-order valence-electron chi connectivity index (χ1n) is 9.94. The van der Waals surface area contributed by atoms with Crippen LogP contribution in [0.5, 0.6) is 0 Å². The van der Waals surface area contributed by atoms with Crippen molar-refractivity contribution in [2.24, 2.45) is 4.36 Å². The molecule has 0 heterocycles. The number of hydrogen-bond donors (Lipinski definition) is 2. The number of benzene rings is 4. The third-order valence-electron chi connectivity index (χ3n) is 4.12. The molecule has 0 atom stereocenters. The van der Waals surface area contributed by atoms with E-state index in [-0.39, 0.29) is 23.1 Å². The standard InChI is InChI=1S/C14H14N2S.C12H11NS.2ClH.Pt/c1-12(15)16-17(13-8-4-2-5-9-13)14-10-6-3-7-11-14;13-14(11-7-3-1-4-8-11)12-9-5-2-6-10-12;;;/h2-11,15H,1H3;1-10,13H;2*1H;/q;;;;+2/p-2. The molecular weight excluding hydrogens is 684 g/mol. The van der Waals surface area contributed by atoms with Gasteiger partial charge in [-0.2, -0.15) is 0 Å². The molecule has 0 radical (unpaired) electrons. The number of amidine groups is 1. The van der Waals surface area contributed by atoms with Crippen LogP contribution in [0.4, 0.5) is 0 Å². The summed E-state index contributed by atoms with van der Waals surface area (Å²) < 4.78 is 12.5. The van der Waals surface area contributed by atoms with Crippen LogP contribution in [0.3, 0.4) is 0 Å². The summed E-state index contributed by atoms with van der Waals surface area (Å²) in [6.07, 6.45) is 0. The zero-order chi connectivity index (χ0) is 23.9. The minimum absolute atomic E-state index is 0. The van der Waals surface area contributed by atoms with Gasteiger partial charge in [-0.3, -0.25) is 10.2 Å². The fourth-order valence-corrected chi connectivity index (χ4v) is 5.44. The minimum atomic E-state index is -0.547. The van der Waals surface area contributed by atoms with E-state index in [0.717, 1.165) is 19.6 Å². The van der Waals surface area contributed by atoms with Gasteiger partial charge in [-0.15, -0.1) is 0 Å². The summed E-state index contributed by atoms with van der Waals surface area (Å²) in [5.74, 6) is 0.362. The van der Waals surface area contributed by atoms with E-state index in [2.05, 4.69) is 38.0 Å². The van der Waals surface area contributed by atoms with Gasteiger partial charge in [0, 0.05) is 19.6 Å². The van der Waals surface area contributed by atoms with Crippen molar-refractivity contribution in [1.82, 2.24) is 0 Å². The molecule has 34 heavy (non-hydrogen) atoms. The number of nitrogens with one attached hydrogen (secondary N) is 2. The molecule has 3 nitrogen and oxygen atoms in total. The quantitative estimate of drug-likeness (QED) is 0.220. The van der Waals surface area contributed by atoms with E-state index >= 15 is 0 Å². The first kappa shape index (κ1) is 30.1. The summed E-state index contributed by atoms with van der Waals surface area (Å²) >= 11 is 1.61. The average Bonchev–Trinajstić information content (AvgIpc) is 2.90. The van der Waals surface area contributed by atoms with Gasteiger partial charge in [-0.25, -0.2) is 4.36 Å². The van der Waals surface area contributed by atoms with Crippen molar-refractivity contribution in [1.29, 1.82) is 10.2 Å². The zero-order valence-corrected chi connectivity index (χ0v) is 23.8. The van der Waals surface area contributed by atoms with Gasteiger partial charge in [0.15, 0.2) is 0 Å². The maximum atomic E-state index is 8.08. The third-order valence-corrected chi connectivity index (χ3v) is 7.50. The molecule has 0 unspecified atom stereocenters. The van der Waals surface area contributed by atoms with Gasteiger partial charge in [-0.05, 0) is 76.8 Å². The monoisotopic (exact) mass is 708 g/mol. The Hall–Kier alpha value is -1.88. The van der Waals surface area contributed by atoms with Gasteiger partial charge in [0.1, 0.15) is 5.84 Å². The van der Waals surface area contributed by atoms with Gasteiger partial charge in [-0.1, -0.05) is 72.8 Å². The number of rotatable bonds is 4. The number of hydrogen-bond acceptors (Lipinski definition) is 2. The van der Waals surface area contributed by atoms with Crippen LogP contribution in [0.1, 0.15) is 6.92 Å². The molecule has 0 amide bonds. The molecule has 4 aromatic carbocycles. The molecule has 0 saturated carbocycles. The molecule has 4 aromatic rings. The van der Waals surface area contributed by atoms with Crippen molar-refractivity contribution in [3.05, 3.63) is 121 Å². The third kappa shape index (κ3) is 10.2. The van der Waals surface area contributed by atoms with Crippen molar-refractivity contribution >= 4 is 36.6 Å². The van der Waals surface area contributed by atoms with Crippen molar-refractivity contribution in [3.63, 3.8) is 0 Å². The summed E-state index contributed by atoms with van der Waals surface area (Å²) in [6, 6.07) is 40.1. The van der Waals surface area contributed by atoms with Crippen LogP contribution in [0, 0.1) is 10.2 Å². The van der Waals surface area contributed by atoms with Crippen LogP contribution < -0.4 is 12.4 Å². The second-order valence-electron chi connectivity index (χ2n) is 6.52. The van der Waals surface area contributed by atoms with Crippen LogP contribution in [0.25, 0.3) is 0 Å². The normalized spacial score (nSPS) is 9.59. The van der Waals surface area contributed by atoms with Gasteiger partial charge < -0.3 is 12.4 Å². The van der Waals surface area contributed by atoms with Crippen molar-refractivity contribution < 1.29 is 31.2 Å². The second kappa shape index (κ2) is 17.5. The molecule has 2 N–H and O–H groups in total. The molecular formula is C26H25Cl2N3PtS2. The van der Waals surface area contributed by atoms with E-state index in [9.17, 15) is 0 Å². The van der Waals surface area contributed by atoms with E-state index < -0.39 is 10.7 Å². The Morgan fingerprint density at radius 1 is 0.618 bits per heavy atom. The van der Waals surface area contributed by atoms with Gasteiger partial charge in [0.05, 0.1) is 0 Å². The Morgan fingerprint density at radius 3 is 1.15 bits per heavy atom. The molecule has 0 aliphatic rings. The summed E-state index contributed by atoms with van der Waals surface area (Å²) in [5, 5.41) is 7.56. The van der Waals surface area contributed by atoms with Crippen molar-refractivity contribution in [2.45, 2.75) is 26.5 Å². The van der Waals surface area contributed by atoms with Crippen molar-refractivity contribution in [3.8, 4) is 0 Å². The van der Waals surface area contributed by atoms with Crippen LogP contribution in [0.15, 0.2) is 145 Å². The zero-order valence-electron chi connectivity index (χ0n) is 18.4. The molecule has 8 heteroatoms. The predicted octanol–water partition coefficient (Wildman–Crippen LogP) is 5.08. The molecule has 0 fully saturated rings. The molecule has 0 bridgehead atoms. The van der Waals surface area contributed by atoms with Gasteiger partial charge in [0.25, 0.3) is 0 Å². The Bertz CT molecular complexity index is 1080. The molecule has 0 aliphatic carbocycles. The first-order valence-corrected chi connectivity index (χ1v) is 15.2. The van der Waals surface area contributed by atoms with Gasteiger partial charge in [0.2, 0.25) is 0 Å². The number of halogens is 2. The Morgan fingerprint density at radius 2 is 0.882 bits per heavy atom. The molecule has 0 aliphatic heterocycles. The summed E-state index contributed by atoms with van der Waals surface area (Å²) in [7, 11) is 3.68. The Labute approximate surface area is 228 Å².